The maximum atomic E-state index is 5.83. The van der Waals surface area contributed by atoms with Crippen molar-refractivity contribution in [2.24, 2.45) is 7.05 Å². The zero-order valence-electron chi connectivity index (χ0n) is 8.77. The highest BCUT2D eigenvalue weighted by Gasteiger charge is 2.11. The summed E-state index contributed by atoms with van der Waals surface area (Å²) in [7, 11) is 3.54. The van der Waals surface area contributed by atoms with Crippen LogP contribution in [0.15, 0.2) is 30.6 Å². The van der Waals surface area contributed by atoms with Crippen LogP contribution in [0.4, 0.5) is 5.69 Å². The van der Waals surface area contributed by atoms with E-state index in [0.717, 1.165) is 11.4 Å². The number of nitrogens with two attached hydrogens (primary N) is 1. The number of imidazole rings is 1. The number of aryl methyl sites for hydroxylation is 1. The molecule has 0 amide bonds. The fourth-order valence-electron chi connectivity index (χ4n) is 1.58. The lowest BCUT2D eigenvalue weighted by Gasteiger charge is -2.10. The van der Waals surface area contributed by atoms with Crippen LogP contribution in [0.3, 0.4) is 0 Å². The normalized spacial score (nSPS) is 10.3. The Morgan fingerprint density at radius 2 is 2.20 bits per heavy atom. The molecule has 1 aromatic heterocycles. The van der Waals surface area contributed by atoms with Gasteiger partial charge in [-0.3, -0.25) is 0 Å². The smallest absolute Gasteiger partial charge is 0.152 e. The van der Waals surface area contributed by atoms with E-state index in [4.69, 9.17) is 10.5 Å². The minimum Gasteiger partial charge on any atom is -0.494 e. The van der Waals surface area contributed by atoms with Crippen LogP contribution in [-0.2, 0) is 7.05 Å². The fraction of sp³-hybridized carbons (Fsp3) is 0.182. The standard InChI is InChI=1S/C11H13N3O/c1-14-7-6-13-11(14)8-4-3-5-9(12)10(8)15-2/h3-7H,12H2,1-2H3. The molecule has 2 aromatic rings. The predicted molar refractivity (Wildman–Crippen MR) is 59.6 cm³/mol. The third-order valence-electron chi connectivity index (χ3n) is 2.31. The molecule has 15 heavy (non-hydrogen) atoms. The van der Waals surface area contributed by atoms with Gasteiger partial charge in [0.05, 0.1) is 18.4 Å². The molecule has 0 bridgehead atoms. The molecular weight excluding hydrogens is 190 g/mol. The van der Waals surface area contributed by atoms with Gasteiger partial charge in [-0.25, -0.2) is 4.98 Å². The summed E-state index contributed by atoms with van der Waals surface area (Å²) in [5.74, 6) is 1.52. The number of hydrogen-bond donors (Lipinski definition) is 1. The van der Waals surface area contributed by atoms with Crippen molar-refractivity contribution in [1.29, 1.82) is 0 Å². The topological polar surface area (TPSA) is 53.1 Å². The summed E-state index contributed by atoms with van der Waals surface area (Å²) in [5, 5.41) is 0. The third kappa shape index (κ3) is 1.54. The molecule has 0 atom stereocenters. The van der Waals surface area contributed by atoms with E-state index in [2.05, 4.69) is 4.98 Å². The molecule has 78 valence electrons. The summed E-state index contributed by atoms with van der Waals surface area (Å²) in [4.78, 5) is 4.26. The molecule has 0 radical (unpaired) electrons. The number of benzene rings is 1. The molecule has 0 saturated heterocycles. The van der Waals surface area contributed by atoms with Crippen molar-refractivity contribution in [2.45, 2.75) is 0 Å². The maximum Gasteiger partial charge on any atom is 0.152 e. The first kappa shape index (κ1) is 9.58. The first-order valence-corrected chi connectivity index (χ1v) is 4.64. The second-order valence-corrected chi connectivity index (χ2v) is 3.29. The summed E-state index contributed by atoms with van der Waals surface area (Å²) >= 11 is 0. The van der Waals surface area contributed by atoms with Crippen LogP contribution < -0.4 is 10.5 Å². The zero-order chi connectivity index (χ0) is 10.8. The van der Waals surface area contributed by atoms with Crippen molar-refractivity contribution in [2.75, 3.05) is 12.8 Å². The number of nitrogen functional groups attached to an aromatic ring is 1. The number of ether oxygens (including phenoxy) is 1. The van der Waals surface area contributed by atoms with E-state index >= 15 is 0 Å². The molecule has 1 heterocycles. The first-order valence-electron chi connectivity index (χ1n) is 4.64. The van der Waals surface area contributed by atoms with Crippen LogP contribution in [-0.4, -0.2) is 16.7 Å². The van der Waals surface area contributed by atoms with Gasteiger partial charge in [0.25, 0.3) is 0 Å². The van der Waals surface area contributed by atoms with Crippen molar-refractivity contribution in [3.63, 3.8) is 0 Å². The molecular formula is C11H13N3O. The number of aromatic nitrogens is 2. The number of nitrogens with zero attached hydrogens (tertiary/aromatic N) is 2. The van der Waals surface area contributed by atoms with Gasteiger partial charge in [-0.2, -0.15) is 0 Å². The molecule has 0 aliphatic carbocycles. The Labute approximate surface area is 88.3 Å². The molecule has 0 saturated carbocycles. The molecule has 4 heteroatoms. The minimum absolute atomic E-state index is 0.623. The lowest BCUT2D eigenvalue weighted by Crippen LogP contribution is -1.98. The maximum absolute atomic E-state index is 5.83. The van der Waals surface area contributed by atoms with Crippen LogP contribution >= 0.6 is 0 Å². The average Bonchev–Trinajstić information content (AvgIpc) is 2.64. The van der Waals surface area contributed by atoms with E-state index in [9.17, 15) is 0 Å². The number of anilines is 1. The van der Waals surface area contributed by atoms with Gasteiger partial charge in [-0.15, -0.1) is 0 Å². The second-order valence-electron chi connectivity index (χ2n) is 3.29. The Kier molecular flexibility index (Phi) is 2.33. The lowest BCUT2D eigenvalue weighted by molar-refractivity contribution is 0.418. The van der Waals surface area contributed by atoms with E-state index in [1.807, 2.05) is 36.0 Å². The summed E-state index contributed by atoms with van der Waals surface area (Å²) < 4.78 is 7.20. The van der Waals surface area contributed by atoms with E-state index in [1.165, 1.54) is 0 Å². The SMILES string of the molecule is COc1c(N)cccc1-c1nccn1C. The van der Waals surface area contributed by atoms with E-state index in [-0.39, 0.29) is 0 Å². The number of rotatable bonds is 2. The molecule has 4 nitrogen and oxygen atoms in total. The Morgan fingerprint density at radius 3 is 2.80 bits per heavy atom. The minimum atomic E-state index is 0.623. The number of para-hydroxylation sites is 1. The molecule has 2 rings (SSSR count). The second kappa shape index (κ2) is 3.65. The van der Waals surface area contributed by atoms with Gasteiger partial charge in [0.1, 0.15) is 5.82 Å². The van der Waals surface area contributed by atoms with Gasteiger partial charge in [0.15, 0.2) is 5.75 Å². The lowest BCUT2D eigenvalue weighted by atomic mass is 10.1. The highest BCUT2D eigenvalue weighted by molar-refractivity contribution is 5.73. The van der Waals surface area contributed by atoms with Gasteiger partial charge in [-0.1, -0.05) is 6.07 Å². The average molecular weight is 203 g/mol. The van der Waals surface area contributed by atoms with Crippen molar-refractivity contribution < 1.29 is 4.74 Å². The van der Waals surface area contributed by atoms with Gasteiger partial charge >= 0.3 is 0 Å². The van der Waals surface area contributed by atoms with Crippen molar-refractivity contribution in [3.05, 3.63) is 30.6 Å². The zero-order valence-corrected chi connectivity index (χ0v) is 8.77. The largest absolute Gasteiger partial charge is 0.494 e. The summed E-state index contributed by atoms with van der Waals surface area (Å²) in [6.07, 6.45) is 3.63. The van der Waals surface area contributed by atoms with Crippen molar-refractivity contribution in [3.8, 4) is 17.1 Å². The first-order chi connectivity index (χ1) is 7.24. The molecule has 0 aliphatic rings. The van der Waals surface area contributed by atoms with E-state index in [1.54, 1.807) is 13.3 Å². The van der Waals surface area contributed by atoms with Crippen LogP contribution in [0.1, 0.15) is 0 Å². The quantitative estimate of drug-likeness (QED) is 0.755. The van der Waals surface area contributed by atoms with Crippen LogP contribution in [0, 0.1) is 0 Å². The fourth-order valence-corrected chi connectivity index (χ4v) is 1.58. The van der Waals surface area contributed by atoms with E-state index < -0.39 is 0 Å². The molecule has 1 aromatic carbocycles. The Hall–Kier alpha value is -1.97. The number of hydrogen-bond acceptors (Lipinski definition) is 3. The summed E-state index contributed by atoms with van der Waals surface area (Å²) in [5.41, 5.74) is 7.36. The van der Waals surface area contributed by atoms with Gasteiger partial charge in [0.2, 0.25) is 0 Å². The summed E-state index contributed by atoms with van der Waals surface area (Å²) in [6.45, 7) is 0. The van der Waals surface area contributed by atoms with Gasteiger partial charge < -0.3 is 15.0 Å². The molecule has 0 fully saturated rings. The Morgan fingerprint density at radius 1 is 1.40 bits per heavy atom. The van der Waals surface area contributed by atoms with Gasteiger partial charge in [-0.05, 0) is 12.1 Å². The van der Waals surface area contributed by atoms with Crippen LogP contribution in [0.25, 0.3) is 11.4 Å². The monoisotopic (exact) mass is 203 g/mol. The Balaban J connectivity index is 2.63. The number of methoxy groups -OCH3 is 1. The molecule has 0 unspecified atom stereocenters. The third-order valence-corrected chi connectivity index (χ3v) is 2.31. The molecule has 2 N–H and O–H groups in total. The highest BCUT2D eigenvalue weighted by Crippen LogP contribution is 2.33. The predicted octanol–water partition coefficient (Wildman–Crippen LogP) is 1.68. The summed E-state index contributed by atoms with van der Waals surface area (Å²) in [6, 6.07) is 5.64. The van der Waals surface area contributed by atoms with Gasteiger partial charge in [0, 0.05) is 19.4 Å². The molecule has 0 spiro atoms. The van der Waals surface area contributed by atoms with Crippen molar-refractivity contribution in [1.82, 2.24) is 9.55 Å². The molecule has 0 aliphatic heterocycles. The Bertz CT molecular complexity index is 476. The van der Waals surface area contributed by atoms with E-state index in [0.29, 0.717) is 11.4 Å². The van der Waals surface area contributed by atoms with Crippen molar-refractivity contribution >= 4 is 5.69 Å². The highest BCUT2D eigenvalue weighted by atomic mass is 16.5. The van der Waals surface area contributed by atoms with Crippen LogP contribution in [0.2, 0.25) is 0 Å². The van der Waals surface area contributed by atoms with Crippen LogP contribution in [0.5, 0.6) is 5.75 Å².